The molecule has 3 nitrogen and oxygen atoms in total. The summed E-state index contributed by atoms with van der Waals surface area (Å²) in [6, 6.07) is 20.1. The normalized spacial score (nSPS) is 25.7. The summed E-state index contributed by atoms with van der Waals surface area (Å²) < 4.78 is 17.7. The van der Waals surface area contributed by atoms with Gasteiger partial charge < -0.3 is 14.2 Å². The summed E-state index contributed by atoms with van der Waals surface area (Å²) in [5.41, 5.74) is 2.19. The molecule has 3 heteroatoms. The highest BCUT2D eigenvalue weighted by Gasteiger charge is 2.35. The second-order valence-electron chi connectivity index (χ2n) is 5.35. The molecule has 1 heterocycles. The molecule has 0 N–H and O–H groups in total. The maximum absolute atomic E-state index is 5.91. The van der Waals surface area contributed by atoms with Gasteiger partial charge in [0.05, 0.1) is 19.8 Å². The largest absolute Gasteiger partial charge is 0.369 e. The van der Waals surface area contributed by atoms with E-state index >= 15 is 0 Å². The summed E-state index contributed by atoms with van der Waals surface area (Å²) in [7, 11) is 0. The highest BCUT2D eigenvalue weighted by Crippen LogP contribution is 2.30. The fourth-order valence-electron chi connectivity index (χ4n) is 2.39. The van der Waals surface area contributed by atoms with Gasteiger partial charge in [0.25, 0.3) is 0 Å². The molecule has 1 aliphatic heterocycles. The molecule has 0 aromatic heterocycles. The van der Waals surface area contributed by atoms with Crippen LogP contribution in [-0.4, -0.2) is 19.3 Å². The number of benzene rings is 2. The Balaban J connectivity index is 1.53. The van der Waals surface area contributed by atoms with E-state index in [1.807, 2.05) is 55.5 Å². The Bertz CT molecular complexity index is 545. The standard InChI is InChI=1S/C18H20O3/c1-18(16-10-6-3-7-11-16)20-13-17(14-21-18)19-12-15-8-4-2-5-9-15/h2-11,17H,12-14H2,1H3. The second kappa shape index (κ2) is 6.39. The monoisotopic (exact) mass is 284 g/mol. The lowest BCUT2D eigenvalue weighted by Gasteiger charge is -2.37. The number of hydrogen-bond donors (Lipinski definition) is 0. The van der Waals surface area contributed by atoms with Crippen LogP contribution in [0.15, 0.2) is 60.7 Å². The quantitative estimate of drug-likeness (QED) is 0.860. The van der Waals surface area contributed by atoms with Crippen molar-refractivity contribution in [1.29, 1.82) is 0 Å². The van der Waals surface area contributed by atoms with Gasteiger partial charge in [0.2, 0.25) is 0 Å². The maximum atomic E-state index is 5.91. The van der Waals surface area contributed by atoms with Crippen molar-refractivity contribution >= 4 is 0 Å². The summed E-state index contributed by atoms with van der Waals surface area (Å²) in [6.45, 7) is 3.62. The molecule has 0 aliphatic carbocycles. The Morgan fingerprint density at radius 3 is 2.14 bits per heavy atom. The maximum Gasteiger partial charge on any atom is 0.192 e. The van der Waals surface area contributed by atoms with Crippen molar-refractivity contribution < 1.29 is 14.2 Å². The highest BCUT2D eigenvalue weighted by atomic mass is 16.7. The Hall–Kier alpha value is -1.68. The SMILES string of the molecule is CC1(c2ccccc2)OCC(OCc2ccccc2)CO1. The Morgan fingerprint density at radius 2 is 1.52 bits per heavy atom. The minimum absolute atomic E-state index is 0.0259. The average Bonchev–Trinajstić information content (AvgIpc) is 2.56. The van der Waals surface area contributed by atoms with Gasteiger partial charge in [-0.15, -0.1) is 0 Å². The third-order valence-corrected chi connectivity index (χ3v) is 3.72. The van der Waals surface area contributed by atoms with Gasteiger partial charge in [0.15, 0.2) is 5.79 Å². The molecule has 0 bridgehead atoms. The van der Waals surface area contributed by atoms with E-state index in [0.29, 0.717) is 19.8 Å². The van der Waals surface area contributed by atoms with Crippen molar-refractivity contribution in [2.75, 3.05) is 13.2 Å². The molecule has 0 spiro atoms. The van der Waals surface area contributed by atoms with Gasteiger partial charge in [-0.05, 0) is 12.5 Å². The highest BCUT2D eigenvalue weighted by molar-refractivity contribution is 5.20. The average molecular weight is 284 g/mol. The van der Waals surface area contributed by atoms with Crippen molar-refractivity contribution in [3.05, 3.63) is 71.8 Å². The Labute approximate surface area is 125 Å². The van der Waals surface area contributed by atoms with Crippen molar-refractivity contribution in [1.82, 2.24) is 0 Å². The first kappa shape index (κ1) is 14.3. The first-order valence-corrected chi connectivity index (χ1v) is 7.25. The van der Waals surface area contributed by atoms with E-state index in [9.17, 15) is 0 Å². The van der Waals surface area contributed by atoms with Crippen molar-refractivity contribution in [2.24, 2.45) is 0 Å². The van der Waals surface area contributed by atoms with E-state index in [0.717, 1.165) is 11.1 Å². The molecule has 0 radical (unpaired) electrons. The predicted molar refractivity (Wildman–Crippen MR) is 80.7 cm³/mol. The number of rotatable bonds is 4. The van der Waals surface area contributed by atoms with Gasteiger partial charge in [-0.2, -0.15) is 0 Å². The van der Waals surface area contributed by atoms with Crippen molar-refractivity contribution in [2.45, 2.75) is 25.4 Å². The number of ether oxygens (including phenoxy) is 3. The molecular weight excluding hydrogens is 264 g/mol. The summed E-state index contributed by atoms with van der Waals surface area (Å²) in [6.07, 6.45) is -0.0259. The van der Waals surface area contributed by atoms with Crippen LogP contribution in [0.5, 0.6) is 0 Å². The first-order valence-electron chi connectivity index (χ1n) is 7.25. The van der Waals surface area contributed by atoms with Crippen LogP contribution in [0.2, 0.25) is 0 Å². The van der Waals surface area contributed by atoms with Crippen LogP contribution in [0.4, 0.5) is 0 Å². The predicted octanol–water partition coefficient (Wildman–Crippen LogP) is 3.49. The molecule has 3 rings (SSSR count). The van der Waals surface area contributed by atoms with Crippen LogP contribution in [0.3, 0.4) is 0 Å². The zero-order chi connectivity index (χ0) is 14.5. The third kappa shape index (κ3) is 3.50. The smallest absolute Gasteiger partial charge is 0.192 e. The van der Waals surface area contributed by atoms with Gasteiger partial charge in [-0.3, -0.25) is 0 Å². The van der Waals surface area contributed by atoms with Gasteiger partial charge in [-0.1, -0.05) is 60.7 Å². The summed E-state index contributed by atoms with van der Waals surface area (Å²) >= 11 is 0. The minimum atomic E-state index is -0.673. The van der Waals surface area contributed by atoms with Gasteiger partial charge in [-0.25, -0.2) is 0 Å². The molecule has 2 aromatic carbocycles. The molecule has 0 atom stereocenters. The first-order chi connectivity index (χ1) is 10.3. The fraction of sp³-hybridized carbons (Fsp3) is 0.333. The van der Waals surface area contributed by atoms with Crippen LogP contribution >= 0.6 is 0 Å². The van der Waals surface area contributed by atoms with Crippen LogP contribution in [-0.2, 0) is 26.6 Å². The molecule has 1 saturated heterocycles. The van der Waals surface area contributed by atoms with Crippen molar-refractivity contribution in [3.8, 4) is 0 Å². The van der Waals surface area contributed by atoms with Crippen molar-refractivity contribution in [3.63, 3.8) is 0 Å². The lowest BCUT2D eigenvalue weighted by atomic mass is 10.1. The molecule has 1 aliphatic rings. The van der Waals surface area contributed by atoms with E-state index in [1.165, 1.54) is 0 Å². The summed E-state index contributed by atoms with van der Waals surface area (Å²) in [4.78, 5) is 0. The summed E-state index contributed by atoms with van der Waals surface area (Å²) in [5, 5.41) is 0. The minimum Gasteiger partial charge on any atom is -0.369 e. The lowest BCUT2D eigenvalue weighted by molar-refractivity contribution is -0.298. The van der Waals surface area contributed by atoms with Crippen LogP contribution in [0, 0.1) is 0 Å². The Morgan fingerprint density at radius 1 is 0.952 bits per heavy atom. The van der Waals surface area contributed by atoms with Crippen LogP contribution in [0.1, 0.15) is 18.1 Å². The molecule has 0 unspecified atom stereocenters. The topological polar surface area (TPSA) is 27.7 Å². The second-order valence-corrected chi connectivity index (χ2v) is 5.35. The van der Waals surface area contributed by atoms with E-state index in [4.69, 9.17) is 14.2 Å². The third-order valence-electron chi connectivity index (χ3n) is 3.72. The molecule has 110 valence electrons. The molecule has 21 heavy (non-hydrogen) atoms. The summed E-state index contributed by atoms with van der Waals surface area (Å²) in [5.74, 6) is -0.673. The molecule has 1 fully saturated rings. The fourth-order valence-corrected chi connectivity index (χ4v) is 2.39. The number of hydrogen-bond acceptors (Lipinski definition) is 3. The van der Waals surface area contributed by atoms with E-state index in [1.54, 1.807) is 0 Å². The van der Waals surface area contributed by atoms with Gasteiger partial charge in [0, 0.05) is 5.56 Å². The van der Waals surface area contributed by atoms with Gasteiger partial charge >= 0.3 is 0 Å². The lowest BCUT2D eigenvalue weighted by Crippen LogP contribution is -2.43. The van der Waals surface area contributed by atoms with Gasteiger partial charge in [0.1, 0.15) is 6.10 Å². The van der Waals surface area contributed by atoms with Crippen LogP contribution in [0.25, 0.3) is 0 Å². The van der Waals surface area contributed by atoms with Crippen LogP contribution < -0.4 is 0 Å². The Kier molecular flexibility index (Phi) is 4.34. The van der Waals surface area contributed by atoms with E-state index in [-0.39, 0.29) is 6.10 Å². The van der Waals surface area contributed by atoms with E-state index in [2.05, 4.69) is 12.1 Å². The molecule has 0 amide bonds. The van der Waals surface area contributed by atoms with E-state index < -0.39 is 5.79 Å². The molecule has 2 aromatic rings. The molecular formula is C18H20O3. The zero-order valence-electron chi connectivity index (χ0n) is 12.2. The zero-order valence-corrected chi connectivity index (χ0v) is 12.2. The molecule has 0 saturated carbocycles.